The Bertz CT molecular complexity index is 769. The lowest BCUT2D eigenvalue weighted by Crippen LogP contribution is -2.54. The van der Waals surface area contributed by atoms with Crippen molar-refractivity contribution in [1.82, 2.24) is 10.2 Å². The number of nitrogens with one attached hydrogen (secondary N) is 1. The van der Waals surface area contributed by atoms with E-state index in [-0.39, 0.29) is 23.8 Å². The number of carbonyl (C=O) groups excluding carboxylic acids is 1. The first-order valence-electron chi connectivity index (χ1n) is 9.56. The number of hydrogen-bond donors (Lipinski definition) is 1. The molecule has 4 nitrogen and oxygen atoms in total. The van der Waals surface area contributed by atoms with Gasteiger partial charge in [0.15, 0.2) is 0 Å². The van der Waals surface area contributed by atoms with E-state index >= 15 is 0 Å². The number of piperazine rings is 1. The second-order valence-electron chi connectivity index (χ2n) is 7.26. The van der Waals surface area contributed by atoms with Gasteiger partial charge in [-0.2, -0.15) is 0 Å². The van der Waals surface area contributed by atoms with Crippen molar-refractivity contribution in [2.24, 2.45) is 0 Å². The van der Waals surface area contributed by atoms with E-state index in [2.05, 4.69) is 34.2 Å². The van der Waals surface area contributed by atoms with E-state index in [0.29, 0.717) is 0 Å². The SMILES string of the molecule is Cc1ccccc1C(C)NC(=O)C(C)N1CCN(c2ccc(F)cc2)CC1. The molecule has 0 bridgehead atoms. The molecule has 0 saturated carbocycles. The largest absolute Gasteiger partial charge is 0.369 e. The zero-order valence-electron chi connectivity index (χ0n) is 16.3. The number of nitrogens with zero attached hydrogens (tertiary/aromatic N) is 2. The Morgan fingerprint density at radius 2 is 1.63 bits per heavy atom. The van der Waals surface area contributed by atoms with Gasteiger partial charge in [-0.15, -0.1) is 0 Å². The molecule has 2 aromatic carbocycles. The van der Waals surface area contributed by atoms with Crippen LogP contribution >= 0.6 is 0 Å². The number of carbonyl (C=O) groups is 1. The van der Waals surface area contributed by atoms with Crippen LogP contribution in [0.4, 0.5) is 10.1 Å². The van der Waals surface area contributed by atoms with Crippen LogP contribution in [0.5, 0.6) is 0 Å². The van der Waals surface area contributed by atoms with E-state index in [1.807, 2.05) is 38.1 Å². The fourth-order valence-corrected chi connectivity index (χ4v) is 3.67. The summed E-state index contributed by atoms with van der Waals surface area (Å²) in [5, 5.41) is 3.15. The first-order valence-corrected chi connectivity index (χ1v) is 9.56. The average molecular weight is 369 g/mol. The Balaban J connectivity index is 1.54. The zero-order valence-corrected chi connectivity index (χ0v) is 16.3. The average Bonchev–Trinajstić information content (AvgIpc) is 2.68. The minimum absolute atomic E-state index is 0.0124. The number of hydrogen-bond acceptors (Lipinski definition) is 3. The van der Waals surface area contributed by atoms with Crippen molar-refractivity contribution in [1.29, 1.82) is 0 Å². The smallest absolute Gasteiger partial charge is 0.237 e. The highest BCUT2D eigenvalue weighted by Gasteiger charge is 2.26. The summed E-state index contributed by atoms with van der Waals surface area (Å²) in [4.78, 5) is 17.2. The number of halogens is 1. The van der Waals surface area contributed by atoms with Crippen molar-refractivity contribution < 1.29 is 9.18 Å². The third-order valence-electron chi connectivity index (χ3n) is 5.45. The van der Waals surface area contributed by atoms with Crippen LogP contribution < -0.4 is 10.2 Å². The van der Waals surface area contributed by atoms with Gasteiger partial charge in [0.2, 0.25) is 5.91 Å². The van der Waals surface area contributed by atoms with Gasteiger partial charge >= 0.3 is 0 Å². The molecule has 2 atom stereocenters. The zero-order chi connectivity index (χ0) is 19.4. The van der Waals surface area contributed by atoms with Crippen LogP contribution in [-0.4, -0.2) is 43.0 Å². The molecule has 144 valence electrons. The van der Waals surface area contributed by atoms with Crippen molar-refractivity contribution in [3.63, 3.8) is 0 Å². The van der Waals surface area contributed by atoms with Crippen molar-refractivity contribution in [2.45, 2.75) is 32.9 Å². The van der Waals surface area contributed by atoms with Crippen molar-refractivity contribution >= 4 is 11.6 Å². The van der Waals surface area contributed by atoms with E-state index in [9.17, 15) is 9.18 Å². The predicted molar refractivity (Wildman–Crippen MR) is 107 cm³/mol. The van der Waals surface area contributed by atoms with Crippen molar-refractivity contribution in [2.75, 3.05) is 31.1 Å². The molecule has 27 heavy (non-hydrogen) atoms. The molecular weight excluding hydrogens is 341 g/mol. The standard InChI is InChI=1S/C22H28FN3O/c1-16-6-4-5-7-21(16)17(2)24-22(27)18(3)25-12-14-26(15-13-25)20-10-8-19(23)9-11-20/h4-11,17-18H,12-15H2,1-3H3,(H,24,27). The quantitative estimate of drug-likeness (QED) is 0.876. The van der Waals surface area contributed by atoms with Crippen LogP contribution in [0.2, 0.25) is 0 Å². The summed E-state index contributed by atoms with van der Waals surface area (Å²) < 4.78 is 13.1. The van der Waals surface area contributed by atoms with Crippen molar-refractivity contribution in [3.8, 4) is 0 Å². The van der Waals surface area contributed by atoms with Gasteiger partial charge in [0.1, 0.15) is 5.82 Å². The van der Waals surface area contributed by atoms with Gasteiger partial charge in [0.05, 0.1) is 12.1 Å². The van der Waals surface area contributed by atoms with Crippen LogP contribution in [0.3, 0.4) is 0 Å². The third kappa shape index (κ3) is 4.66. The van der Waals surface area contributed by atoms with Crippen LogP contribution in [0.15, 0.2) is 48.5 Å². The highest BCUT2D eigenvalue weighted by molar-refractivity contribution is 5.81. The predicted octanol–water partition coefficient (Wildman–Crippen LogP) is 3.52. The van der Waals surface area contributed by atoms with E-state index in [1.165, 1.54) is 17.7 Å². The topological polar surface area (TPSA) is 35.6 Å². The Morgan fingerprint density at radius 1 is 1.00 bits per heavy atom. The number of rotatable bonds is 5. The minimum Gasteiger partial charge on any atom is -0.369 e. The molecule has 1 amide bonds. The molecule has 1 aliphatic heterocycles. The Morgan fingerprint density at radius 3 is 2.26 bits per heavy atom. The molecule has 1 aliphatic rings. The maximum absolute atomic E-state index is 13.1. The molecular formula is C22H28FN3O. The first kappa shape index (κ1) is 19.4. The maximum atomic E-state index is 13.1. The molecule has 0 spiro atoms. The van der Waals surface area contributed by atoms with E-state index in [4.69, 9.17) is 0 Å². The lowest BCUT2D eigenvalue weighted by atomic mass is 10.0. The lowest BCUT2D eigenvalue weighted by Gasteiger charge is -2.38. The summed E-state index contributed by atoms with van der Waals surface area (Å²) in [5.74, 6) is -0.161. The van der Waals surface area contributed by atoms with Gasteiger partial charge < -0.3 is 10.2 Å². The number of aryl methyl sites for hydroxylation is 1. The second-order valence-corrected chi connectivity index (χ2v) is 7.26. The number of amides is 1. The van der Waals surface area contributed by atoms with Crippen LogP contribution in [-0.2, 0) is 4.79 Å². The van der Waals surface area contributed by atoms with Crippen LogP contribution in [0.1, 0.15) is 31.0 Å². The van der Waals surface area contributed by atoms with Gasteiger partial charge in [-0.3, -0.25) is 9.69 Å². The first-order chi connectivity index (χ1) is 13.0. The van der Waals surface area contributed by atoms with E-state index in [0.717, 1.165) is 37.4 Å². The fourth-order valence-electron chi connectivity index (χ4n) is 3.67. The summed E-state index contributed by atoms with van der Waals surface area (Å²) >= 11 is 0. The molecule has 1 N–H and O–H groups in total. The third-order valence-corrected chi connectivity index (χ3v) is 5.45. The summed E-state index contributed by atoms with van der Waals surface area (Å²) in [6.45, 7) is 9.34. The van der Waals surface area contributed by atoms with Crippen LogP contribution in [0.25, 0.3) is 0 Å². The van der Waals surface area contributed by atoms with Gasteiger partial charge in [-0.1, -0.05) is 24.3 Å². The van der Waals surface area contributed by atoms with Gasteiger partial charge in [-0.25, -0.2) is 4.39 Å². The van der Waals surface area contributed by atoms with Gasteiger partial charge in [0, 0.05) is 31.9 Å². The van der Waals surface area contributed by atoms with Crippen molar-refractivity contribution in [3.05, 3.63) is 65.5 Å². The van der Waals surface area contributed by atoms with E-state index < -0.39 is 0 Å². The number of benzene rings is 2. The van der Waals surface area contributed by atoms with Gasteiger partial charge in [0.25, 0.3) is 0 Å². The highest BCUT2D eigenvalue weighted by atomic mass is 19.1. The normalized spacial score (nSPS) is 17.4. The summed E-state index contributed by atoms with van der Waals surface area (Å²) in [7, 11) is 0. The molecule has 1 saturated heterocycles. The molecule has 2 aromatic rings. The summed E-state index contributed by atoms with van der Waals surface area (Å²) in [6, 6.07) is 14.6. The molecule has 2 unspecified atom stereocenters. The Hall–Kier alpha value is -2.40. The summed E-state index contributed by atoms with van der Waals surface area (Å²) in [6.07, 6.45) is 0. The van der Waals surface area contributed by atoms with E-state index in [1.54, 1.807) is 0 Å². The molecule has 1 fully saturated rings. The molecule has 0 radical (unpaired) electrons. The lowest BCUT2D eigenvalue weighted by molar-refractivity contribution is -0.126. The molecule has 5 heteroatoms. The maximum Gasteiger partial charge on any atom is 0.237 e. The monoisotopic (exact) mass is 369 g/mol. The van der Waals surface area contributed by atoms with Crippen LogP contribution in [0, 0.1) is 12.7 Å². The minimum atomic E-state index is -0.217. The Kier molecular flexibility index (Phi) is 6.11. The highest BCUT2D eigenvalue weighted by Crippen LogP contribution is 2.19. The molecule has 0 aromatic heterocycles. The molecule has 0 aliphatic carbocycles. The summed E-state index contributed by atoms with van der Waals surface area (Å²) in [5.41, 5.74) is 3.37. The fraction of sp³-hybridized carbons (Fsp3) is 0.409. The molecule has 1 heterocycles. The number of anilines is 1. The Labute approximate surface area is 161 Å². The second kappa shape index (κ2) is 8.53. The molecule has 3 rings (SSSR count). The van der Waals surface area contributed by atoms with Gasteiger partial charge in [-0.05, 0) is 56.2 Å².